The monoisotopic (exact) mass is 227 g/mol. The average Bonchev–Trinajstić information content (AvgIpc) is 2.25. The molecule has 2 aromatic rings. The maximum atomic E-state index is 4.35. The fourth-order valence-electron chi connectivity index (χ4n) is 1.81. The van der Waals surface area contributed by atoms with Gasteiger partial charge in [-0.15, -0.1) is 0 Å². The van der Waals surface area contributed by atoms with Gasteiger partial charge in [-0.05, 0) is 32.4 Å². The number of nitrogens with zero attached hydrogens (tertiary/aromatic N) is 2. The summed E-state index contributed by atoms with van der Waals surface area (Å²) in [7, 11) is 0. The lowest BCUT2D eigenvalue weighted by atomic mass is 10.1. The van der Waals surface area contributed by atoms with Crippen LogP contribution in [0.15, 0.2) is 30.3 Å². The van der Waals surface area contributed by atoms with Crippen LogP contribution in [0.1, 0.15) is 22.5 Å². The second-order valence-electron chi connectivity index (χ2n) is 4.32. The molecule has 1 heterocycles. The molecule has 0 atom stereocenters. The quantitative estimate of drug-likeness (QED) is 0.875. The van der Waals surface area contributed by atoms with E-state index in [-0.39, 0.29) is 0 Å². The van der Waals surface area contributed by atoms with Crippen LogP contribution in [-0.2, 0) is 6.54 Å². The van der Waals surface area contributed by atoms with Crippen molar-refractivity contribution in [1.82, 2.24) is 9.97 Å². The topological polar surface area (TPSA) is 37.8 Å². The van der Waals surface area contributed by atoms with Gasteiger partial charge in [-0.3, -0.25) is 0 Å². The number of hydrogen-bond acceptors (Lipinski definition) is 3. The van der Waals surface area contributed by atoms with Gasteiger partial charge in [-0.1, -0.05) is 29.8 Å². The summed E-state index contributed by atoms with van der Waals surface area (Å²) in [6.07, 6.45) is 0. The first-order chi connectivity index (χ1) is 8.13. The summed E-state index contributed by atoms with van der Waals surface area (Å²) in [5.74, 6) is 0.698. The molecule has 1 aromatic heterocycles. The van der Waals surface area contributed by atoms with Crippen molar-refractivity contribution in [2.45, 2.75) is 27.3 Å². The van der Waals surface area contributed by atoms with E-state index in [2.05, 4.69) is 46.5 Å². The van der Waals surface area contributed by atoms with E-state index in [1.54, 1.807) is 0 Å². The maximum absolute atomic E-state index is 4.35. The van der Waals surface area contributed by atoms with Gasteiger partial charge in [0.25, 0.3) is 0 Å². The first-order valence-electron chi connectivity index (χ1n) is 5.75. The molecular weight excluding hydrogens is 210 g/mol. The fourth-order valence-corrected chi connectivity index (χ4v) is 1.81. The standard InChI is InChI=1S/C14H17N3/c1-10-5-4-6-13(7-10)9-15-14-16-11(2)8-12(3)17-14/h4-8H,9H2,1-3H3,(H,15,16,17). The van der Waals surface area contributed by atoms with E-state index in [9.17, 15) is 0 Å². The Morgan fingerprint density at radius 1 is 1.00 bits per heavy atom. The zero-order valence-corrected chi connectivity index (χ0v) is 10.5. The predicted octanol–water partition coefficient (Wildman–Crippen LogP) is 3.01. The lowest BCUT2D eigenvalue weighted by Crippen LogP contribution is -2.05. The first-order valence-corrected chi connectivity index (χ1v) is 5.75. The molecule has 0 aliphatic rings. The Balaban J connectivity index is 2.07. The molecule has 17 heavy (non-hydrogen) atoms. The molecule has 0 saturated carbocycles. The minimum atomic E-state index is 0.698. The molecule has 88 valence electrons. The van der Waals surface area contributed by atoms with Gasteiger partial charge in [0.2, 0.25) is 5.95 Å². The van der Waals surface area contributed by atoms with Crippen LogP contribution in [0.25, 0.3) is 0 Å². The molecule has 0 amide bonds. The van der Waals surface area contributed by atoms with Crippen LogP contribution in [0.4, 0.5) is 5.95 Å². The van der Waals surface area contributed by atoms with Gasteiger partial charge in [-0.25, -0.2) is 9.97 Å². The molecule has 0 saturated heterocycles. The Labute approximate surface area is 102 Å². The third-order valence-electron chi connectivity index (χ3n) is 2.52. The highest BCUT2D eigenvalue weighted by Crippen LogP contribution is 2.08. The van der Waals surface area contributed by atoms with E-state index in [0.29, 0.717) is 5.95 Å². The molecule has 0 aliphatic heterocycles. The highest BCUT2D eigenvalue weighted by atomic mass is 15.1. The molecule has 0 spiro atoms. The number of anilines is 1. The van der Waals surface area contributed by atoms with Crippen molar-refractivity contribution in [3.8, 4) is 0 Å². The predicted molar refractivity (Wildman–Crippen MR) is 70.0 cm³/mol. The van der Waals surface area contributed by atoms with Crippen molar-refractivity contribution < 1.29 is 0 Å². The second kappa shape index (κ2) is 4.95. The lowest BCUT2D eigenvalue weighted by molar-refractivity contribution is 1.00. The normalized spacial score (nSPS) is 10.3. The molecule has 0 aliphatic carbocycles. The van der Waals surface area contributed by atoms with Crippen LogP contribution >= 0.6 is 0 Å². The maximum Gasteiger partial charge on any atom is 0.223 e. The number of benzene rings is 1. The first kappa shape index (κ1) is 11.6. The van der Waals surface area contributed by atoms with Gasteiger partial charge < -0.3 is 5.32 Å². The molecule has 0 bridgehead atoms. The summed E-state index contributed by atoms with van der Waals surface area (Å²) in [6, 6.07) is 10.4. The van der Waals surface area contributed by atoms with Gasteiger partial charge in [0.15, 0.2) is 0 Å². The Bertz CT molecular complexity index is 500. The lowest BCUT2D eigenvalue weighted by Gasteiger charge is -2.07. The van der Waals surface area contributed by atoms with E-state index in [1.807, 2.05) is 19.9 Å². The van der Waals surface area contributed by atoms with Gasteiger partial charge in [0.05, 0.1) is 0 Å². The minimum absolute atomic E-state index is 0.698. The Hall–Kier alpha value is -1.90. The van der Waals surface area contributed by atoms with Crippen LogP contribution < -0.4 is 5.32 Å². The third-order valence-corrected chi connectivity index (χ3v) is 2.52. The molecule has 1 aromatic carbocycles. The molecule has 0 radical (unpaired) electrons. The zero-order chi connectivity index (χ0) is 12.3. The molecule has 0 unspecified atom stereocenters. The van der Waals surface area contributed by atoms with Crippen molar-refractivity contribution in [1.29, 1.82) is 0 Å². The van der Waals surface area contributed by atoms with Crippen molar-refractivity contribution in [2.24, 2.45) is 0 Å². The van der Waals surface area contributed by atoms with Crippen LogP contribution in [0.2, 0.25) is 0 Å². The van der Waals surface area contributed by atoms with E-state index in [1.165, 1.54) is 11.1 Å². The number of rotatable bonds is 3. The zero-order valence-electron chi connectivity index (χ0n) is 10.5. The highest BCUT2D eigenvalue weighted by molar-refractivity contribution is 5.31. The summed E-state index contributed by atoms with van der Waals surface area (Å²) in [5.41, 5.74) is 4.49. The van der Waals surface area contributed by atoms with E-state index in [0.717, 1.165) is 17.9 Å². The minimum Gasteiger partial charge on any atom is -0.350 e. The van der Waals surface area contributed by atoms with Crippen molar-refractivity contribution >= 4 is 5.95 Å². The number of nitrogens with one attached hydrogen (secondary N) is 1. The van der Waals surface area contributed by atoms with Crippen molar-refractivity contribution in [2.75, 3.05) is 5.32 Å². The van der Waals surface area contributed by atoms with Crippen molar-refractivity contribution in [3.63, 3.8) is 0 Å². The summed E-state index contributed by atoms with van der Waals surface area (Å²) < 4.78 is 0. The SMILES string of the molecule is Cc1cccc(CNc2nc(C)cc(C)n2)c1. The van der Waals surface area contributed by atoms with Crippen LogP contribution in [0.3, 0.4) is 0 Å². The van der Waals surface area contributed by atoms with Crippen LogP contribution in [0.5, 0.6) is 0 Å². The van der Waals surface area contributed by atoms with Gasteiger partial charge in [0, 0.05) is 17.9 Å². The van der Waals surface area contributed by atoms with E-state index >= 15 is 0 Å². The number of aryl methyl sites for hydroxylation is 3. The Morgan fingerprint density at radius 2 is 1.71 bits per heavy atom. The Morgan fingerprint density at radius 3 is 2.35 bits per heavy atom. The fraction of sp³-hybridized carbons (Fsp3) is 0.286. The summed E-state index contributed by atoms with van der Waals surface area (Å²) in [4.78, 5) is 8.70. The number of aromatic nitrogens is 2. The Kier molecular flexibility index (Phi) is 3.38. The van der Waals surface area contributed by atoms with Gasteiger partial charge in [0.1, 0.15) is 0 Å². The average molecular weight is 227 g/mol. The van der Waals surface area contributed by atoms with E-state index in [4.69, 9.17) is 0 Å². The van der Waals surface area contributed by atoms with Gasteiger partial charge in [-0.2, -0.15) is 0 Å². The molecule has 2 rings (SSSR count). The molecule has 3 heteroatoms. The van der Waals surface area contributed by atoms with Crippen molar-refractivity contribution in [3.05, 3.63) is 52.8 Å². The molecule has 1 N–H and O–H groups in total. The second-order valence-corrected chi connectivity index (χ2v) is 4.32. The number of hydrogen-bond donors (Lipinski definition) is 1. The van der Waals surface area contributed by atoms with Crippen LogP contribution in [-0.4, -0.2) is 9.97 Å². The molecular formula is C14H17N3. The molecule has 3 nitrogen and oxygen atoms in total. The molecule has 0 fully saturated rings. The van der Waals surface area contributed by atoms with E-state index < -0.39 is 0 Å². The highest BCUT2D eigenvalue weighted by Gasteiger charge is 1.99. The summed E-state index contributed by atoms with van der Waals surface area (Å²) in [5, 5.41) is 3.25. The largest absolute Gasteiger partial charge is 0.350 e. The third kappa shape index (κ3) is 3.28. The smallest absolute Gasteiger partial charge is 0.223 e. The van der Waals surface area contributed by atoms with Crippen LogP contribution in [0, 0.1) is 20.8 Å². The summed E-state index contributed by atoms with van der Waals surface area (Å²) >= 11 is 0. The van der Waals surface area contributed by atoms with Gasteiger partial charge >= 0.3 is 0 Å². The summed E-state index contributed by atoms with van der Waals surface area (Å²) in [6.45, 7) is 6.81.